The first-order chi connectivity index (χ1) is 15.4. The molecule has 1 aromatic carbocycles. The largest absolute Gasteiger partial charge is 0.389 e. The topological polar surface area (TPSA) is 88.3 Å². The number of alkyl halides is 1. The molecule has 5 rings (SSSR count). The van der Waals surface area contributed by atoms with Gasteiger partial charge in [0, 0.05) is 31.1 Å². The second-order valence-corrected chi connectivity index (χ2v) is 9.00. The van der Waals surface area contributed by atoms with E-state index in [4.69, 9.17) is 16.3 Å². The lowest BCUT2D eigenvalue weighted by Gasteiger charge is -2.39. The number of aliphatic hydroxyl groups is 1. The normalized spacial score (nSPS) is 26.7. The summed E-state index contributed by atoms with van der Waals surface area (Å²) in [5, 5.41) is 18.7. The van der Waals surface area contributed by atoms with E-state index in [0.717, 1.165) is 28.6 Å². The highest BCUT2D eigenvalue weighted by molar-refractivity contribution is 6.32. The number of nitrogens with one attached hydrogen (secondary N) is 1. The van der Waals surface area contributed by atoms with Crippen LogP contribution in [0.5, 0.6) is 0 Å². The quantitative estimate of drug-likeness (QED) is 0.618. The molecule has 3 unspecified atom stereocenters. The zero-order valence-corrected chi connectivity index (χ0v) is 18.8. The van der Waals surface area contributed by atoms with Crippen LogP contribution < -0.4 is 5.32 Å². The summed E-state index contributed by atoms with van der Waals surface area (Å²) in [6, 6.07) is 3.87. The fourth-order valence-electron chi connectivity index (χ4n) is 4.76. The number of nitrogens with zero attached hydrogens (tertiary/aromatic N) is 5. The molecule has 4 heterocycles. The maximum Gasteiger partial charge on any atom is 0.227 e. The number of aryl methyl sites for hydroxylation is 2. The van der Waals surface area contributed by atoms with E-state index in [2.05, 4.69) is 20.4 Å². The van der Waals surface area contributed by atoms with Crippen molar-refractivity contribution in [1.29, 1.82) is 0 Å². The van der Waals surface area contributed by atoms with Gasteiger partial charge in [-0.05, 0) is 43.1 Å². The van der Waals surface area contributed by atoms with Crippen LogP contribution >= 0.6 is 11.6 Å². The number of aliphatic hydroxyl groups excluding tert-OH is 1. The van der Waals surface area contributed by atoms with Crippen molar-refractivity contribution in [3.63, 3.8) is 0 Å². The summed E-state index contributed by atoms with van der Waals surface area (Å²) < 4.78 is 22.2. The molecule has 2 aromatic heterocycles. The number of hydrogen-bond acceptors (Lipinski definition) is 7. The molecule has 2 fully saturated rings. The lowest BCUT2D eigenvalue weighted by molar-refractivity contribution is 0.0352. The van der Waals surface area contributed by atoms with Gasteiger partial charge in [0.2, 0.25) is 5.95 Å². The van der Waals surface area contributed by atoms with Crippen LogP contribution in [-0.4, -0.2) is 74.4 Å². The first kappa shape index (κ1) is 21.5. The van der Waals surface area contributed by atoms with E-state index in [9.17, 15) is 5.11 Å². The zero-order valence-electron chi connectivity index (χ0n) is 18.0. The molecule has 0 radical (unpaired) electrons. The number of aromatic nitrogens is 4. The number of anilines is 2. The number of hydrogen-bond donors (Lipinski definition) is 2. The number of likely N-dealkylation sites (tertiary alicyclic amines) is 1. The Bertz CT molecular complexity index is 1140. The molecule has 8 nitrogen and oxygen atoms in total. The number of benzene rings is 1. The van der Waals surface area contributed by atoms with Crippen molar-refractivity contribution in [2.45, 2.75) is 37.6 Å². The van der Waals surface area contributed by atoms with E-state index in [1.165, 1.54) is 0 Å². The lowest BCUT2D eigenvalue weighted by Crippen LogP contribution is -2.50. The van der Waals surface area contributed by atoms with Crippen molar-refractivity contribution in [2.24, 2.45) is 7.05 Å². The number of rotatable bonds is 4. The molecule has 10 heteroatoms. The summed E-state index contributed by atoms with van der Waals surface area (Å²) in [4.78, 5) is 11.0. The molecule has 32 heavy (non-hydrogen) atoms. The van der Waals surface area contributed by atoms with E-state index < -0.39 is 12.3 Å². The molecule has 0 spiro atoms. The summed E-state index contributed by atoms with van der Waals surface area (Å²) >= 11 is 6.22. The van der Waals surface area contributed by atoms with Gasteiger partial charge in [0.15, 0.2) is 0 Å². The van der Waals surface area contributed by atoms with E-state index in [1.807, 2.05) is 24.0 Å². The van der Waals surface area contributed by atoms with Crippen LogP contribution in [0.25, 0.3) is 10.9 Å². The molecular weight excluding hydrogens is 435 g/mol. The molecule has 3 aromatic rings. The lowest BCUT2D eigenvalue weighted by atomic mass is 9.84. The van der Waals surface area contributed by atoms with Crippen LogP contribution in [0.15, 0.2) is 24.5 Å². The molecule has 0 aliphatic carbocycles. The van der Waals surface area contributed by atoms with E-state index >= 15 is 4.39 Å². The molecular formula is C22H26ClFN6O2. The molecule has 0 amide bonds. The molecule has 0 saturated carbocycles. The van der Waals surface area contributed by atoms with Crippen LogP contribution in [0, 0.1) is 6.92 Å². The van der Waals surface area contributed by atoms with Crippen LogP contribution in [0.4, 0.5) is 16.0 Å². The highest BCUT2D eigenvalue weighted by Gasteiger charge is 2.38. The minimum atomic E-state index is -1.03. The van der Waals surface area contributed by atoms with Gasteiger partial charge >= 0.3 is 0 Å². The second-order valence-electron chi connectivity index (χ2n) is 8.64. The third-order valence-electron chi connectivity index (χ3n) is 6.54. The van der Waals surface area contributed by atoms with Gasteiger partial charge in [0.1, 0.15) is 11.3 Å². The van der Waals surface area contributed by atoms with Gasteiger partial charge in [-0.1, -0.05) is 11.6 Å². The van der Waals surface area contributed by atoms with Crippen molar-refractivity contribution in [1.82, 2.24) is 24.6 Å². The Morgan fingerprint density at radius 3 is 2.81 bits per heavy atom. The minimum Gasteiger partial charge on any atom is -0.389 e. The van der Waals surface area contributed by atoms with Crippen molar-refractivity contribution in [3.8, 4) is 0 Å². The fraction of sp³-hybridized carbons (Fsp3) is 0.500. The number of ether oxygens (including phenoxy) is 1. The molecule has 2 saturated heterocycles. The van der Waals surface area contributed by atoms with Gasteiger partial charge in [-0.2, -0.15) is 5.10 Å². The monoisotopic (exact) mass is 460 g/mol. The summed E-state index contributed by atoms with van der Waals surface area (Å²) in [5.41, 5.74) is 3.37. The van der Waals surface area contributed by atoms with E-state index in [0.29, 0.717) is 43.0 Å². The summed E-state index contributed by atoms with van der Waals surface area (Å²) in [7, 11) is 1.75. The minimum absolute atomic E-state index is 0.118. The van der Waals surface area contributed by atoms with E-state index in [-0.39, 0.29) is 12.0 Å². The number of piperidine rings is 1. The Hall–Kier alpha value is -2.33. The summed E-state index contributed by atoms with van der Waals surface area (Å²) in [5.74, 6) is 0.193. The molecule has 170 valence electrons. The SMILES string of the molecule is Cc1cc2cnc(Nc3cnn(C)c3Cl)nc2cc1C1CCN([C@@H]2COCC2O)CC1F. The van der Waals surface area contributed by atoms with Gasteiger partial charge in [-0.25, -0.2) is 14.4 Å². The maximum atomic E-state index is 15.3. The standard InChI is InChI=1S/C22H26ClFN6O2/c1-12-5-13-7-25-22(28-18-8-26-29(2)21(18)23)27-17(13)6-15(12)14-3-4-30(9-16(14)24)19-10-32-11-20(19)31/h5-8,14,16,19-20,31H,3-4,9-11H2,1-2H3,(H,25,27,28)/t14?,16?,19-,20?/m1/s1. The van der Waals surface area contributed by atoms with Crippen molar-refractivity contribution in [3.05, 3.63) is 40.8 Å². The van der Waals surface area contributed by atoms with Gasteiger partial charge in [-0.3, -0.25) is 9.58 Å². The molecule has 4 atom stereocenters. The summed E-state index contributed by atoms with van der Waals surface area (Å²) in [6.07, 6.45) is 2.48. The zero-order chi connectivity index (χ0) is 22.4. The second kappa shape index (κ2) is 8.55. The van der Waals surface area contributed by atoms with Gasteiger partial charge in [0.05, 0.1) is 42.8 Å². The Balaban J connectivity index is 1.39. The van der Waals surface area contributed by atoms with Crippen LogP contribution in [0.1, 0.15) is 23.5 Å². The maximum absolute atomic E-state index is 15.3. The predicted octanol–water partition coefficient (Wildman–Crippen LogP) is 2.96. The van der Waals surface area contributed by atoms with Gasteiger partial charge in [0.25, 0.3) is 0 Å². The predicted molar refractivity (Wildman–Crippen MR) is 120 cm³/mol. The first-order valence-corrected chi connectivity index (χ1v) is 11.1. The highest BCUT2D eigenvalue weighted by atomic mass is 35.5. The first-order valence-electron chi connectivity index (χ1n) is 10.8. The smallest absolute Gasteiger partial charge is 0.227 e. The van der Waals surface area contributed by atoms with Gasteiger partial charge in [-0.15, -0.1) is 0 Å². The third-order valence-corrected chi connectivity index (χ3v) is 6.99. The van der Waals surface area contributed by atoms with Crippen molar-refractivity contribution in [2.75, 3.05) is 31.6 Å². The van der Waals surface area contributed by atoms with Crippen LogP contribution in [0.3, 0.4) is 0 Å². The van der Waals surface area contributed by atoms with Crippen molar-refractivity contribution < 1.29 is 14.2 Å². The molecule has 2 N–H and O–H groups in total. The Kier molecular flexibility index (Phi) is 5.75. The average Bonchev–Trinajstić information content (AvgIpc) is 3.34. The number of fused-ring (bicyclic) bond motifs is 1. The van der Waals surface area contributed by atoms with Crippen molar-refractivity contribution >= 4 is 34.1 Å². The summed E-state index contributed by atoms with van der Waals surface area (Å²) in [6.45, 7) is 3.81. The van der Waals surface area contributed by atoms with E-state index in [1.54, 1.807) is 24.1 Å². The van der Waals surface area contributed by atoms with Crippen LogP contribution in [0.2, 0.25) is 5.15 Å². The molecule has 0 bridgehead atoms. The Labute approximate surface area is 190 Å². The average molecular weight is 461 g/mol. The third kappa shape index (κ3) is 3.94. The highest BCUT2D eigenvalue weighted by Crippen LogP contribution is 2.36. The fourth-order valence-corrected chi connectivity index (χ4v) is 4.90. The molecule has 2 aliphatic heterocycles. The Morgan fingerprint density at radius 1 is 1.28 bits per heavy atom. The van der Waals surface area contributed by atoms with Crippen LogP contribution in [-0.2, 0) is 11.8 Å². The molecule has 2 aliphatic rings. The number of halogens is 2. The Morgan fingerprint density at radius 2 is 2.12 bits per heavy atom. The van der Waals surface area contributed by atoms with Gasteiger partial charge < -0.3 is 15.2 Å².